The molecule has 22 heavy (non-hydrogen) atoms. The van der Waals surface area contributed by atoms with Gasteiger partial charge in [0.15, 0.2) is 17.5 Å². The molecule has 1 aromatic carbocycles. The molecule has 1 aromatic rings. The summed E-state index contributed by atoms with van der Waals surface area (Å²) in [5.41, 5.74) is 0. The number of piperidine rings is 1. The molecule has 0 aromatic heterocycles. The van der Waals surface area contributed by atoms with Crippen molar-refractivity contribution in [1.29, 1.82) is 0 Å². The van der Waals surface area contributed by atoms with Crippen molar-refractivity contribution >= 4 is 22.4 Å². The summed E-state index contributed by atoms with van der Waals surface area (Å²) in [6.07, 6.45) is 3.20. The first-order valence-electron chi connectivity index (χ1n) is 6.78. The van der Waals surface area contributed by atoms with Crippen molar-refractivity contribution in [3.05, 3.63) is 29.6 Å². The molecule has 2 atom stereocenters. The highest BCUT2D eigenvalue weighted by Crippen LogP contribution is 2.28. The van der Waals surface area contributed by atoms with Crippen LogP contribution in [0.1, 0.15) is 25.7 Å². The minimum absolute atomic E-state index is 0. The Hall–Kier alpha value is -0.830. The van der Waals surface area contributed by atoms with Gasteiger partial charge in [-0.2, -0.15) is 0 Å². The van der Waals surface area contributed by atoms with Crippen LogP contribution in [-0.4, -0.2) is 26.5 Å². The zero-order valence-corrected chi connectivity index (χ0v) is 13.1. The summed E-state index contributed by atoms with van der Waals surface area (Å²) < 4.78 is 66.4. The van der Waals surface area contributed by atoms with Crippen molar-refractivity contribution in [2.24, 2.45) is 0 Å². The molecule has 2 aliphatic rings. The third-order valence-electron chi connectivity index (χ3n) is 4.08. The van der Waals surface area contributed by atoms with E-state index in [4.69, 9.17) is 0 Å². The Balaban J connectivity index is 0.00000176. The first-order chi connectivity index (χ1) is 9.87. The molecule has 2 N–H and O–H groups in total. The molecule has 2 bridgehead atoms. The number of rotatable bonds is 3. The van der Waals surface area contributed by atoms with E-state index >= 15 is 0 Å². The molecule has 3 rings (SSSR count). The fourth-order valence-electron chi connectivity index (χ4n) is 3.15. The Morgan fingerprint density at radius 1 is 1.05 bits per heavy atom. The smallest absolute Gasteiger partial charge is 0.243 e. The Morgan fingerprint density at radius 2 is 1.64 bits per heavy atom. The summed E-state index contributed by atoms with van der Waals surface area (Å²) in [5, 5.41) is 3.36. The summed E-state index contributed by atoms with van der Waals surface area (Å²) >= 11 is 0. The molecule has 0 aliphatic carbocycles. The largest absolute Gasteiger partial charge is 0.311 e. The van der Waals surface area contributed by atoms with E-state index in [9.17, 15) is 21.6 Å². The maximum atomic E-state index is 13.6. The van der Waals surface area contributed by atoms with Gasteiger partial charge in [-0.3, -0.25) is 0 Å². The number of halogens is 4. The van der Waals surface area contributed by atoms with Crippen LogP contribution in [-0.2, 0) is 10.0 Å². The lowest BCUT2D eigenvalue weighted by Crippen LogP contribution is -2.48. The number of hydrogen-bond acceptors (Lipinski definition) is 3. The number of fused-ring (bicyclic) bond motifs is 2. The van der Waals surface area contributed by atoms with Crippen LogP contribution in [0, 0.1) is 17.5 Å². The summed E-state index contributed by atoms with van der Waals surface area (Å²) in [6, 6.07) is 1.55. The first-order valence-corrected chi connectivity index (χ1v) is 8.27. The standard InChI is InChI=1S/C13H15F3N2O2S.ClH/c14-10-3-4-11(13(16)12(10)15)21(19,20)18-9-5-7-1-2-8(6-9)17-7;/h3-4,7-9,17-18H,1-2,5-6H2;1H. The maximum Gasteiger partial charge on any atom is 0.243 e. The molecule has 2 saturated heterocycles. The van der Waals surface area contributed by atoms with Gasteiger partial charge in [0.25, 0.3) is 0 Å². The third-order valence-corrected chi connectivity index (χ3v) is 5.62. The van der Waals surface area contributed by atoms with E-state index in [0.717, 1.165) is 18.9 Å². The molecule has 2 aliphatic heterocycles. The monoisotopic (exact) mass is 356 g/mol. The van der Waals surface area contributed by atoms with E-state index < -0.39 is 32.4 Å². The predicted molar refractivity (Wildman–Crippen MR) is 76.9 cm³/mol. The molecule has 0 radical (unpaired) electrons. The predicted octanol–water partition coefficient (Wildman–Crippen LogP) is 2.09. The van der Waals surface area contributed by atoms with Gasteiger partial charge in [0, 0.05) is 18.1 Å². The molecular weight excluding hydrogens is 341 g/mol. The van der Waals surface area contributed by atoms with Gasteiger partial charge in [0.1, 0.15) is 4.90 Å². The lowest BCUT2D eigenvalue weighted by atomic mass is 10.0. The van der Waals surface area contributed by atoms with Crippen LogP contribution in [0.4, 0.5) is 13.2 Å². The van der Waals surface area contributed by atoms with Crippen LogP contribution in [0.2, 0.25) is 0 Å². The molecular formula is C13H16ClF3N2O2S. The second kappa shape index (κ2) is 6.35. The highest BCUT2D eigenvalue weighted by Gasteiger charge is 2.36. The summed E-state index contributed by atoms with van der Waals surface area (Å²) in [7, 11) is -4.21. The van der Waals surface area contributed by atoms with Gasteiger partial charge in [0.05, 0.1) is 0 Å². The topological polar surface area (TPSA) is 58.2 Å². The van der Waals surface area contributed by atoms with Crippen LogP contribution < -0.4 is 10.0 Å². The zero-order valence-electron chi connectivity index (χ0n) is 11.5. The number of nitrogens with one attached hydrogen (secondary N) is 2. The van der Waals surface area contributed by atoms with E-state index in [1.807, 2.05) is 0 Å². The van der Waals surface area contributed by atoms with Crippen molar-refractivity contribution in [2.45, 2.75) is 48.7 Å². The fourth-order valence-corrected chi connectivity index (χ4v) is 4.48. The first kappa shape index (κ1) is 17.5. The van der Waals surface area contributed by atoms with E-state index in [-0.39, 0.29) is 30.5 Å². The summed E-state index contributed by atoms with van der Waals surface area (Å²) in [4.78, 5) is -0.854. The lowest BCUT2D eigenvalue weighted by molar-refractivity contribution is 0.344. The van der Waals surface area contributed by atoms with Crippen molar-refractivity contribution < 1.29 is 21.6 Å². The minimum atomic E-state index is -4.21. The van der Waals surface area contributed by atoms with E-state index in [2.05, 4.69) is 10.0 Å². The highest BCUT2D eigenvalue weighted by molar-refractivity contribution is 7.89. The highest BCUT2D eigenvalue weighted by atomic mass is 35.5. The molecule has 2 fully saturated rings. The molecule has 9 heteroatoms. The Bertz CT molecular complexity index is 659. The Morgan fingerprint density at radius 3 is 2.23 bits per heavy atom. The van der Waals surface area contributed by atoms with Gasteiger partial charge in [-0.15, -0.1) is 12.4 Å². The van der Waals surface area contributed by atoms with Crippen molar-refractivity contribution in [2.75, 3.05) is 0 Å². The van der Waals surface area contributed by atoms with Gasteiger partial charge in [-0.05, 0) is 37.8 Å². The zero-order chi connectivity index (χ0) is 15.2. The van der Waals surface area contributed by atoms with Gasteiger partial charge in [0.2, 0.25) is 10.0 Å². The average Bonchev–Trinajstić information content (AvgIpc) is 2.74. The maximum absolute atomic E-state index is 13.6. The van der Waals surface area contributed by atoms with Crippen molar-refractivity contribution in [3.63, 3.8) is 0 Å². The minimum Gasteiger partial charge on any atom is -0.311 e. The van der Waals surface area contributed by atoms with E-state index in [1.54, 1.807) is 0 Å². The quantitative estimate of drug-likeness (QED) is 0.815. The normalized spacial score (nSPS) is 27.5. The molecule has 0 spiro atoms. The van der Waals surface area contributed by atoms with Gasteiger partial charge in [-0.1, -0.05) is 0 Å². The Kier molecular flexibility index (Phi) is 5.06. The fraction of sp³-hybridized carbons (Fsp3) is 0.538. The SMILES string of the molecule is Cl.O=S(=O)(NC1CC2CCC(C1)N2)c1ccc(F)c(F)c1F. The lowest BCUT2D eigenvalue weighted by Gasteiger charge is -2.29. The van der Waals surface area contributed by atoms with E-state index in [1.165, 1.54) is 0 Å². The van der Waals surface area contributed by atoms with Crippen molar-refractivity contribution in [1.82, 2.24) is 10.0 Å². The van der Waals surface area contributed by atoms with Crippen LogP contribution in [0.3, 0.4) is 0 Å². The van der Waals surface area contributed by atoms with E-state index in [0.29, 0.717) is 18.9 Å². The molecule has 0 amide bonds. The second-order valence-electron chi connectivity index (χ2n) is 5.60. The van der Waals surface area contributed by atoms with Crippen LogP contribution in [0.25, 0.3) is 0 Å². The molecule has 2 heterocycles. The Labute approximate surface area is 132 Å². The van der Waals surface area contributed by atoms with Gasteiger partial charge in [-0.25, -0.2) is 26.3 Å². The molecule has 0 saturated carbocycles. The number of benzene rings is 1. The summed E-state index contributed by atoms with van der Waals surface area (Å²) in [5.74, 6) is -4.87. The van der Waals surface area contributed by atoms with Gasteiger partial charge >= 0.3 is 0 Å². The van der Waals surface area contributed by atoms with Crippen LogP contribution in [0.15, 0.2) is 17.0 Å². The summed E-state index contributed by atoms with van der Waals surface area (Å²) in [6.45, 7) is 0. The van der Waals surface area contributed by atoms with Crippen LogP contribution in [0.5, 0.6) is 0 Å². The molecule has 124 valence electrons. The molecule has 4 nitrogen and oxygen atoms in total. The second-order valence-corrected chi connectivity index (χ2v) is 7.28. The third kappa shape index (κ3) is 3.24. The number of sulfonamides is 1. The van der Waals surface area contributed by atoms with Crippen LogP contribution >= 0.6 is 12.4 Å². The van der Waals surface area contributed by atoms with Gasteiger partial charge < -0.3 is 5.32 Å². The van der Waals surface area contributed by atoms with Crippen molar-refractivity contribution in [3.8, 4) is 0 Å². The molecule has 2 unspecified atom stereocenters. The number of hydrogen-bond donors (Lipinski definition) is 2. The average molecular weight is 357 g/mol.